The lowest BCUT2D eigenvalue weighted by Gasteiger charge is -2.36. The van der Waals surface area contributed by atoms with E-state index in [1.165, 1.54) is 13.3 Å². The van der Waals surface area contributed by atoms with Gasteiger partial charge in [-0.15, -0.1) is 0 Å². The smallest absolute Gasteiger partial charge is 0.414 e. The molecule has 0 aromatic carbocycles. The van der Waals surface area contributed by atoms with Crippen LogP contribution in [-0.4, -0.2) is 18.1 Å². The number of ether oxygens (including phenoxy) is 1. The molecule has 2 amide bonds. The maximum Gasteiger partial charge on any atom is 0.414 e. The summed E-state index contributed by atoms with van der Waals surface area (Å²) < 4.78 is 5.38. The number of rotatable bonds is 2. The van der Waals surface area contributed by atoms with Gasteiger partial charge in [0.2, 0.25) is 5.91 Å². The van der Waals surface area contributed by atoms with Gasteiger partial charge < -0.3 is 4.74 Å². The first-order valence-electron chi connectivity index (χ1n) is 6.38. The summed E-state index contributed by atoms with van der Waals surface area (Å²) in [5.41, 5.74) is 0. The average molecular weight is 241 g/mol. The number of carbonyl (C=O) groups is 2. The van der Waals surface area contributed by atoms with E-state index in [0.29, 0.717) is 17.8 Å². The van der Waals surface area contributed by atoms with Crippen molar-refractivity contribution < 1.29 is 14.3 Å². The molecule has 0 aromatic heterocycles. The standard InChI is InChI=1S/C13H23NO3/c1-8(2)11-6-5-9(3)7-12(11)17-13(16)14-10(4)15/h8-9,11-12H,5-7H2,1-4H3,(H,14,15,16)/t9-,11+,12-/m1/s1. The first-order chi connectivity index (χ1) is 7.90. The van der Waals surface area contributed by atoms with Crippen LogP contribution in [-0.2, 0) is 9.53 Å². The van der Waals surface area contributed by atoms with Crippen molar-refractivity contribution in [3.05, 3.63) is 0 Å². The molecule has 0 radical (unpaired) electrons. The predicted molar refractivity (Wildman–Crippen MR) is 65.4 cm³/mol. The summed E-state index contributed by atoms with van der Waals surface area (Å²) >= 11 is 0. The van der Waals surface area contributed by atoms with E-state index in [1.807, 2.05) is 0 Å². The zero-order valence-electron chi connectivity index (χ0n) is 11.2. The Hall–Kier alpha value is -1.06. The van der Waals surface area contributed by atoms with Crippen molar-refractivity contribution in [2.45, 2.75) is 53.1 Å². The molecule has 0 aliphatic heterocycles. The lowest BCUT2D eigenvalue weighted by molar-refractivity contribution is -0.118. The Morgan fingerprint density at radius 3 is 2.47 bits per heavy atom. The minimum atomic E-state index is -0.609. The zero-order valence-corrected chi connectivity index (χ0v) is 11.2. The fraction of sp³-hybridized carbons (Fsp3) is 0.846. The molecule has 0 unspecified atom stereocenters. The van der Waals surface area contributed by atoms with Gasteiger partial charge >= 0.3 is 6.09 Å². The van der Waals surface area contributed by atoms with Crippen LogP contribution in [0.4, 0.5) is 4.79 Å². The van der Waals surface area contributed by atoms with Gasteiger partial charge in [0.05, 0.1) is 0 Å². The molecule has 4 nitrogen and oxygen atoms in total. The number of nitrogens with one attached hydrogen (secondary N) is 1. The van der Waals surface area contributed by atoms with Crippen LogP contribution < -0.4 is 5.32 Å². The summed E-state index contributed by atoms with van der Waals surface area (Å²) in [7, 11) is 0. The van der Waals surface area contributed by atoms with Gasteiger partial charge in [0, 0.05) is 6.92 Å². The molecule has 0 spiro atoms. The lowest BCUT2D eigenvalue weighted by atomic mass is 9.75. The average Bonchev–Trinajstić information content (AvgIpc) is 2.15. The third-order valence-electron chi connectivity index (χ3n) is 3.50. The monoisotopic (exact) mass is 241 g/mol. The molecular weight excluding hydrogens is 218 g/mol. The van der Waals surface area contributed by atoms with Gasteiger partial charge in [-0.25, -0.2) is 4.79 Å². The summed E-state index contributed by atoms with van der Waals surface area (Å²) in [5, 5.41) is 2.16. The maximum atomic E-state index is 11.4. The normalized spacial score (nSPS) is 28.9. The molecule has 1 aliphatic rings. The second-order valence-electron chi connectivity index (χ2n) is 5.45. The van der Waals surface area contributed by atoms with E-state index in [9.17, 15) is 9.59 Å². The molecule has 1 aliphatic carbocycles. The highest BCUT2D eigenvalue weighted by Crippen LogP contribution is 2.35. The molecule has 1 saturated carbocycles. The largest absolute Gasteiger partial charge is 0.446 e. The Balaban J connectivity index is 2.57. The van der Waals surface area contributed by atoms with Gasteiger partial charge in [-0.05, 0) is 30.6 Å². The second kappa shape index (κ2) is 6.03. The zero-order chi connectivity index (χ0) is 13.0. The van der Waals surface area contributed by atoms with Gasteiger partial charge in [-0.1, -0.05) is 27.2 Å². The van der Waals surface area contributed by atoms with Crippen LogP contribution in [0.1, 0.15) is 47.0 Å². The number of hydrogen-bond donors (Lipinski definition) is 1. The van der Waals surface area contributed by atoms with E-state index in [-0.39, 0.29) is 12.0 Å². The highest BCUT2D eigenvalue weighted by molar-refractivity contribution is 5.90. The minimum absolute atomic E-state index is 0.0573. The van der Waals surface area contributed by atoms with E-state index < -0.39 is 6.09 Å². The Kier molecular flexibility index (Phi) is 4.97. The highest BCUT2D eigenvalue weighted by Gasteiger charge is 2.33. The SMILES string of the molecule is CC(=O)NC(=O)O[C@@H]1C[C@H](C)CC[C@H]1C(C)C. The first kappa shape index (κ1) is 14.0. The van der Waals surface area contributed by atoms with Crippen LogP contribution in [0.25, 0.3) is 0 Å². The number of carbonyl (C=O) groups excluding carboxylic acids is 2. The van der Waals surface area contributed by atoms with Crippen molar-refractivity contribution in [1.29, 1.82) is 0 Å². The number of alkyl carbamates (subject to hydrolysis) is 1. The fourth-order valence-electron chi connectivity index (χ4n) is 2.56. The van der Waals surface area contributed by atoms with E-state index >= 15 is 0 Å². The van der Waals surface area contributed by atoms with Crippen LogP contribution in [0, 0.1) is 17.8 Å². The number of imide groups is 1. The molecule has 1 rings (SSSR count). The third kappa shape index (κ3) is 4.36. The molecule has 17 heavy (non-hydrogen) atoms. The second-order valence-corrected chi connectivity index (χ2v) is 5.45. The summed E-state index contributed by atoms with van der Waals surface area (Å²) in [6.45, 7) is 7.79. The molecule has 4 heteroatoms. The lowest BCUT2D eigenvalue weighted by Crippen LogP contribution is -2.39. The third-order valence-corrected chi connectivity index (χ3v) is 3.50. The van der Waals surface area contributed by atoms with Crippen LogP contribution in [0.15, 0.2) is 0 Å². The molecule has 1 N–H and O–H groups in total. The topological polar surface area (TPSA) is 55.4 Å². The van der Waals surface area contributed by atoms with E-state index in [1.54, 1.807) is 0 Å². The summed E-state index contributed by atoms with van der Waals surface area (Å²) in [4.78, 5) is 22.2. The van der Waals surface area contributed by atoms with Crippen LogP contribution in [0.3, 0.4) is 0 Å². The summed E-state index contributed by atoms with van der Waals surface area (Å²) in [5.74, 6) is 1.11. The van der Waals surface area contributed by atoms with Gasteiger partial charge in [-0.3, -0.25) is 10.1 Å². The predicted octanol–water partition coefficient (Wildman–Crippen LogP) is 2.72. The van der Waals surface area contributed by atoms with Crippen molar-refractivity contribution in [2.24, 2.45) is 17.8 Å². The maximum absolute atomic E-state index is 11.4. The Morgan fingerprint density at radius 2 is 1.94 bits per heavy atom. The first-order valence-corrected chi connectivity index (χ1v) is 6.38. The quantitative estimate of drug-likeness (QED) is 0.808. The molecule has 0 bridgehead atoms. The molecule has 3 atom stereocenters. The van der Waals surface area contributed by atoms with Crippen molar-refractivity contribution in [3.8, 4) is 0 Å². The molecule has 0 saturated heterocycles. The summed E-state index contributed by atoms with van der Waals surface area (Å²) in [6.07, 6.45) is 2.52. The number of hydrogen-bond acceptors (Lipinski definition) is 3. The van der Waals surface area contributed by atoms with Crippen molar-refractivity contribution in [3.63, 3.8) is 0 Å². The summed E-state index contributed by atoms with van der Waals surface area (Å²) in [6, 6.07) is 0. The van der Waals surface area contributed by atoms with Crippen molar-refractivity contribution in [2.75, 3.05) is 0 Å². The Morgan fingerprint density at radius 1 is 1.29 bits per heavy atom. The molecule has 0 aromatic rings. The van der Waals surface area contributed by atoms with Crippen molar-refractivity contribution in [1.82, 2.24) is 5.32 Å². The highest BCUT2D eigenvalue weighted by atomic mass is 16.6. The van der Waals surface area contributed by atoms with Gasteiger partial charge in [-0.2, -0.15) is 0 Å². The van der Waals surface area contributed by atoms with Crippen LogP contribution in [0.2, 0.25) is 0 Å². The number of amides is 2. The Labute approximate surface area is 103 Å². The van der Waals surface area contributed by atoms with Gasteiger partial charge in [0.1, 0.15) is 6.10 Å². The van der Waals surface area contributed by atoms with E-state index in [2.05, 4.69) is 26.1 Å². The molecule has 1 fully saturated rings. The van der Waals surface area contributed by atoms with Crippen molar-refractivity contribution >= 4 is 12.0 Å². The van der Waals surface area contributed by atoms with E-state index in [4.69, 9.17) is 4.74 Å². The van der Waals surface area contributed by atoms with Gasteiger partial charge in [0.25, 0.3) is 0 Å². The molecule has 0 heterocycles. The minimum Gasteiger partial charge on any atom is -0.446 e. The van der Waals surface area contributed by atoms with Crippen LogP contribution >= 0.6 is 0 Å². The Bertz CT molecular complexity index is 288. The fourth-order valence-corrected chi connectivity index (χ4v) is 2.56. The van der Waals surface area contributed by atoms with E-state index in [0.717, 1.165) is 12.8 Å². The molecule has 98 valence electrons. The van der Waals surface area contributed by atoms with Crippen LogP contribution in [0.5, 0.6) is 0 Å². The van der Waals surface area contributed by atoms with Gasteiger partial charge in [0.15, 0.2) is 0 Å². The molecular formula is C13H23NO3.